The molecule has 2 aromatic rings. The summed E-state index contributed by atoms with van der Waals surface area (Å²) in [5, 5.41) is 5.96. The third-order valence-electron chi connectivity index (χ3n) is 4.81. The fourth-order valence-corrected chi connectivity index (χ4v) is 3.41. The molecular formula is C23H28N2O3. The van der Waals surface area contributed by atoms with E-state index in [1.54, 1.807) is 48.5 Å². The summed E-state index contributed by atoms with van der Waals surface area (Å²) < 4.78 is 5.60. The van der Waals surface area contributed by atoms with Gasteiger partial charge in [-0.15, -0.1) is 0 Å². The molecule has 0 aromatic heterocycles. The van der Waals surface area contributed by atoms with Gasteiger partial charge in [0.05, 0.1) is 6.10 Å². The highest BCUT2D eigenvalue weighted by Crippen LogP contribution is 2.19. The summed E-state index contributed by atoms with van der Waals surface area (Å²) in [5.41, 5.74) is 1.70. The van der Waals surface area contributed by atoms with Crippen LogP contribution in [0.3, 0.4) is 0 Å². The predicted octanol–water partition coefficient (Wildman–Crippen LogP) is 4.79. The molecule has 1 saturated carbocycles. The first-order chi connectivity index (χ1) is 13.5. The molecule has 0 spiro atoms. The van der Waals surface area contributed by atoms with Crippen LogP contribution >= 0.6 is 0 Å². The largest absolute Gasteiger partial charge is 0.491 e. The van der Waals surface area contributed by atoms with Crippen LogP contribution in [0.2, 0.25) is 0 Å². The van der Waals surface area contributed by atoms with E-state index in [0.29, 0.717) is 16.8 Å². The summed E-state index contributed by atoms with van der Waals surface area (Å²) >= 11 is 0. The number of carbonyl (C=O) groups excluding carboxylic acids is 2. The maximum absolute atomic E-state index is 12.5. The fourth-order valence-electron chi connectivity index (χ4n) is 3.41. The first-order valence-corrected chi connectivity index (χ1v) is 10.0. The molecule has 0 radical (unpaired) electrons. The van der Waals surface area contributed by atoms with Crippen molar-refractivity contribution in [1.29, 1.82) is 0 Å². The number of anilines is 1. The third kappa shape index (κ3) is 5.59. The lowest BCUT2D eigenvalue weighted by Crippen LogP contribution is -2.36. The highest BCUT2D eigenvalue weighted by Gasteiger charge is 2.17. The third-order valence-corrected chi connectivity index (χ3v) is 4.81. The Morgan fingerprint density at radius 3 is 2.32 bits per heavy atom. The van der Waals surface area contributed by atoms with Crippen LogP contribution < -0.4 is 15.4 Å². The highest BCUT2D eigenvalue weighted by atomic mass is 16.5. The van der Waals surface area contributed by atoms with Gasteiger partial charge in [0.1, 0.15) is 5.75 Å². The van der Waals surface area contributed by atoms with Gasteiger partial charge in [0.15, 0.2) is 0 Å². The second-order valence-corrected chi connectivity index (χ2v) is 7.53. The van der Waals surface area contributed by atoms with E-state index in [1.807, 2.05) is 13.8 Å². The van der Waals surface area contributed by atoms with E-state index in [4.69, 9.17) is 4.74 Å². The van der Waals surface area contributed by atoms with Crippen LogP contribution in [0.4, 0.5) is 5.69 Å². The van der Waals surface area contributed by atoms with Gasteiger partial charge in [-0.1, -0.05) is 25.3 Å². The first kappa shape index (κ1) is 19.9. The minimum atomic E-state index is -0.221. The smallest absolute Gasteiger partial charge is 0.255 e. The van der Waals surface area contributed by atoms with Gasteiger partial charge in [-0.05, 0) is 69.2 Å². The minimum absolute atomic E-state index is 0.0850. The summed E-state index contributed by atoms with van der Waals surface area (Å²) in [6.07, 6.45) is 5.75. The number of hydrogen-bond acceptors (Lipinski definition) is 3. The quantitative estimate of drug-likeness (QED) is 0.757. The Hall–Kier alpha value is -2.82. The molecule has 0 heterocycles. The van der Waals surface area contributed by atoms with Gasteiger partial charge in [0, 0.05) is 22.9 Å². The van der Waals surface area contributed by atoms with Gasteiger partial charge in [-0.25, -0.2) is 0 Å². The van der Waals surface area contributed by atoms with Crippen LogP contribution in [0.1, 0.15) is 66.7 Å². The molecule has 1 aliphatic carbocycles. The Kier molecular flexibility index (Phi) is 6.69. The van der Waals surface area contributed by atoms with Crippen LogP contribution in [0.5, 0.6) is 5.75 Å². The zero-order valence-corrected chi connectivity index (χ0v) is 16.5. The number of carbonyl (C=O) groups is 2. The summed E-state index contributed by atoms with van der Waals surface area (Å²) in [6, 6.07) is 14.3. The number of amides is 2. The Morgan fingerprint density at radius 2 is 1.64 bits per heavy atom. The maximum Gasteiger partial charge on any atom is 0.255 e. The number of ether oxygens (including phenoxy) is 1. The standard InChI is InChI=1S/C23H28N2O3/c1-16(2)28-21-13-11-17(12-14-21)22(26)25-20-10-6-7-18(15-20)23(27)24-19-8-4-3-5-9-19/h6-7,10-16,19H,3-5,8-9H2,1-2H3,(H,24,27)(H,25,26). The van der Waals surface area contributed by atoms with E-state index in [2.05, 4.69) is 10.6 Å². The van der Waals surface area contributed by atoms with E-state index in [-0.39, 0.29) is 24.0 Å². The van der Waals surface area contributed by atoms with Crippen molar-refractivity contribution in [2.75, 3.05) is 5.32 Å². The normalized spacial score (nSPS) is 14.5. The van der Waals surface area contributed by atoms with Gasteiger partial charge in [0.2, 0.25) is 0 Å². The van der Waals surface area contributed by atoms with E-state index in [1.165, 1.54) is 19.3 Å². The minimum Gasteiger partial charge on any atom is -0.491 e. The Morgan fingerprint density at radius 1 is 0.929 bits per heavy atom. The zero-order valence-electron chi connectivity index (χ0n) is 16.5. The van der Waals surface area contributed by atoms with Gasteiger partial charge in [-0.2, -0.15) is 0 Å². The number of nitrogens with one attached hydrogen (secondary N) is 2. The molecule has 2 aromatic carbocycles. The molecule has 1 aliphatic rings. The molecule has 28 heavy (non-hydrogen) atoms. The average molecular weight is 380 g/mol. The first-order valence-electron chi connectivity index (χ1n) is 10.0. The van der Waals surface area contributed by atoms with Crippen molar-refractivity contribution in [1.82, 2.24) is 5.32 Å². The maximum atomic E-state index is 12.5. The highest BCUT2D eigenvalue weighted by molar-refractivity contribution is 6.05. The van der Waals surface area contributed by atoms with Crippen molar-refractivity contribution in [2.45, 2.75) is 58.1 Å². The number of rotatable bonds is 6. The van der Waals surface area contributed by atoms with E-state index >= 15 is 0 Å². The van der Waals surface area contributed by atoms with Crippen molar-refractivity contribution in [2.24, 2.45) is 0 Å². The summed E-state index contributed by atoms with van der Waals surface area (Å²) in [7, 11) is 0. The molecule has 5 nitrogen and oxygen atoms in total. The summed E-state index contributed by atoms with van der Waals surface area (Å²) in [4.78, 5) is 25.0. The lowest BCUT2D eigenvalue weighted by Gasteiger charge is -2.22. The molecule has 0 bridgehead atoms. The monoisotopic (exact) mass is 380 g/mol. The van der Waals surface area contributed by atoms with E-state index < -0.39 is 0 Å². The molecule has 2 amide bonds. The second kappa shape index (κ2) is 9.40. The van der Waals surface area contributed by atoms with Gasteiger partial charge < -0.3 is 15.4 Å². The molecular weight excluding hydrogens is 352 g/mol. The Balaban J connectivity index is 1.61. The van der Waals surface area contributed by atoms with Crippen molar-refractivity contribution in [3.63, 3.8) is 0 Å². The molecule has 0 unspecified atom stereocenters. The summed E-state index contributed by atoms with van der Waals surface area (Å²) in [6.45, 7) is 3.91. The van der Waals surface area contributed by atoms with Gasteiger partial charge in [-0.3, -0.25) is 9.59 Å². The molecule has 2 N–H and O–H groups in total. The molecule has 0 aliphatic heterocycles. The van der Waals surface area contributed by atoms with Crippen LogP contribution in [0.25, 0.3) is 0 Å². The van der Waals surface area contributed by atoms with Crippen LogP contribution in [0, 0.1) is 0 Å². The lowest BCUT2D eigenvalue weighted by atomic mass is 9.95. The molecule has 148 valence electrons. The number of hydrogen-bond donors (Lipinski definition) is 2. The van der Waals surface area contributed by atoms with Crippen LogP contribution in [-0.2, 0) is 0 Å². The zero-order chi connectivity index (χ0) is 19.9. The summed E-state index contributed by atoms with van der Waals surface area (Å²) in [5.74, 6) is 0.423. The van der Waals surface area contributed by atoms with Crippen LogP contribution in [-0.4, -0.2) is 24.0 Å². The van der Waals surface area contributed by atoms with Crippen LogP contribution in [0.15, 0.2) is 48.5 Å². The van der Waals surface area contributed by atoms with Crippen molar-refractivity contribution in [3.8, 4) is 5.75 Å². The lowest BCUT2D eigenvalue weighted by molar-refractivity contribution is 0.0926. The topological polar surface area (TPSA) is 67.4 Å². The average Bonchev–Trinajstić information content (AvgIpc) is 2.69. The SMILES string of the molecule is CC(C)Oc1ccc(C(=O)Nc2cccc(C(=O)NC3CCCCC3)c2)cc1. The van der Waals surface area contributed by atoms with E-state index in [0.717, 1.165) is 18.6 Å². The molecule has 0 atom stereocenters. The second-order valence-electron chi connectivity index (χ2n) is 7.53. The molecule has 3 rings (SSSR count). The fraction of sp³-hybridized carbons (Fsp3) is 0.391. The van der Waals surface area contributed by atoms with Crippen molar-refractivity contribution < 1.29 is 14.3 Å². The predicted molar refractivity (Wildman–Crippen MR) is 111 cm³/mol. The van der Waals surface area contributed by atoms with E-state index in [9.17, 15) is 9.59 Å². The van der Waals surface area contributed by atoms with Crippen molar-refractivity contribution in [3.05, 3.63) is 59.7 Å². The Bertz CT molecular complexity index is 809. The van der Waals surface area contributed by atoms with Crippen molar-refractivity contribution >= 4 is 17.5 Å². The van der Waals surface area contributed by atoms with Gasteiger partial charge in [0.25, 0.3) is 11.8 Å². The Labute approximate surface area is 166 Å². The number of benzene rings is 2. The molecule has 0 saturated heterocycles. The molecule has 5 heteroatoms. The van der Waals surface area contributed by atoms with Gasteiger partial charge >= 0.3 is 0 Å². The molecule has 1 fully saturated rings.